The van der Waals surface area contributed by atoms with E-state index in [4.69, 9.17) is 4.52 Å². The zero-order valence-electron chi connectivity index (χ0n) is 10.5. The van der Waals surface area contributed by atoms with Gasteiger partial charge in [-0.1, -0.05) is 5.16 Å². The molecule has 1 heterocycles. The number of amides is 2. The van der Waals surface area contributed by atoms with Gasteiger partial charge in [-0.3, -0.25) is 15.0 Å². The predicted octanol–water partition coefficient (Wildman–Crippen LogP) is 0.248. The van der Waals surface area contributed by atoms with Crippen LogP contribution in [0, 0.1) is 6.92 Å². The van der Waals surface area contributed by atoms with Crippen molar-refractivity contribution in [2.75, 3.05) is 30.9 Å². The number of thioether (sulfide) groups is 1. The number of hydrogen-bond acceptors (Lipinski definition) is 6. The summed E-state index contributed by atoms with van der Waals surface area (Å²) in [5.41, 5.74) is 2.58. The third-order valence-electron chi connectivity index (χ3n) is 1.71. The minimum Gasteiger partial charge on any atom is -0.360 e. The normalized spacial score (nSPS) is 10.4. The highest BCUT2D eigenvalue weighted by atomic mass is 32.2. The largest absolute Gasteiger partial charge is 0.360 e. The number of aromatic nitrogens is 1. The Kier molecular flexibility index (Phi) is 5.66. The molecule has 0 bridgehead atoms. The maximum atomic E-state index is 11.5. The number of carbonyl (C=O) groups excluding carboxylic acids is 2. The monoisotopic (exact) mass is 272 g/mol. The lowest BCUT2D eigenvalue weighted by atomic mass is 10.5. The van der Waals surface area contributed by atoms with Crippen molar-refractivity contribution >= 4 is 29.4 Å². The lowest BCUT2D eigenvalue weighted by Gasteiger charge is -2.10. The first kappa shape index (κ1) is 14.5. The first-order valence-electron chi connectivity index (χ1n) is 5.25. The second-order valence-electron chi connectivity index (χ2n) is 3.79. The highest BCUT2D eigenvalue weighted by Gasteiger charge is 2.08. The van der Waals surface area contributed by atoms with Crippen molar-refractivity contribution in [1.29, 1.82) is 0 Å². The zero-order chi connectivity index (χ0) is 13.5. The molecule has 0 radical (unpaired) electrons. The van der Waals surface area contributed by atoms with Gasteiger partial charge in [0.2, 0.25) is 11.8 Å². The van der Waals surface area contributed by atoms with E-state index in [-0.39, 0.29) is 23.3 Å². The number of aryl methyl sites for hydroxylation is 1. The summed E-state index contributed by atoms with van der Waals surface area (Å²) in [6.07, 6.45) is 0. The van der Waals surface area contributed by atoms with Crippen molar-refractivity contribution < 1.29 is 14.1 Å². The Hall–Kier alpha value is -1.54. The second-order valence-corrected chi connectivity index (χ2v) is 4.78. The summed E-state index contributed by atoms with van der Waals surface area (Å²) in [4.78, 5) is 22.7. The summed E-state index contributed by atoms with van der Waals surface area (Å²) in [5.74, 6) is 1.07. The molecule has 0 aromatic carbocycles. The molecule has 1 aromatic heterocycles. The molecule has 0 saturated heterocycles. The topological polar surface area (TPSA) is 87.5 Å². The maximum Gasteiger partial charge on any atom is 0.244 e. The third kappa shape index (κ3) is 5.69. The Morgan fingerprint density at radius 3 is 2.61 bits per heavy atom. The molecule has 0 spiro atoms. The minimum atomic E-state index is -0.217. The Labute approximate surface area is 109 Å². The van der Waals surface area contributed by atoms with Gasteiger partial charge >= 0.3 is 0 Å². The number of anilines is 1. The van der Waals surface area contributed by atoms with E-state index in [1.807, 2.05) is 0 Å². The van der Waals surface area contributed by atoms with Gasteiger partial charge in [-0.25, -0.2) is 5.01 Å². The highest BCUT2D eigenvalue weighted by Crippen LogP contribution is 2.08. The zero-order valence-corrected chi connectivity index (χ0v) is 11.3. The Bertz CT molecular complexity index is 419. The molecule has 8 heteroatoms. The van der Waals surface area contributed by atoms with Crippen molar-refractivity contribution in [3.8, 4) is 0 Å². The van der Waals surface area contributed by atoms with Gasteiger partial charge in [0, 0.05) is 20.2 Å². The maximum absolute atomic E-state index is 11.5. The van der Waals surface area contributed by atoms with E-state index in [1.165, 1.54) is 11.8 Å². The summed E-state index contributed by atoms with van der Waals surface area (Å²) in [6, 6.07) is 1.63. The molecule has 0 saturated carbocycles. The smallest absolute Gasteiger partial charge is 0.244 e. The van der Waals surface area contributed by atoms with Crippen molar-refractivity contribution in [2.45, 2.75) is 6.92 Å². The molecule has 7 nitrogen and oxygen atoms in total. The van der Waals surface area contributed by atoms with Crippen molar-refractivity contribution in [2.24, 2.45) is 0 Å². The van der Waals surface area contributed by atoms with Crippen LogP contribution in [0.5, 0.6) is 0 Å². The van der Waals surface area contributed by atoms with Gasteiger partial charge in [0.1, 0.15) is 5.76 Å². The van der Waals surface area contributed by atoms with Crippen LogP contribution in [0.1, 0.15) is 5.76 Å². The molecule has 0 fully saturated rings. The van der Waals surface area contributed by atoms with Crippen LogP contribution in [-0.4, -0.2) is 47.6 Å². The van der Waals surface area contributed by atoms with Crippen molar-refractivity contribution in [3.05, 3.63) is 11.8 Å². The number of rotatable bonds is 6. The van der Waals surface area contributed by atoms with Gasteiger partial charge in [-0.05, 0) is 6.92 Å². The van der Waals surface area contributed by atoms with Gasteiger partial charge in [0.15, 0.2) is 5.82 Å². The molecular weight excluding hydrogens is 256 g/mol. The summed E-state index contributed by atoms with van der Waals surface area (Å²) in [6.45, 7) is 1.74. The molecule has 18 heavy (non-hydrogen) atoms. The van der Waals surface area contributed by atoms with E-state index in [0.29, 0.717) is 11.6 Å². The van der Waals surface area contributed by atoms with Crippen LogP contribution in [0.25, 0.3) is 0 Å². The fraction of sp³-hybridized carbons (Fsp3) is 0.500. The lowest BCUT2D eigenvalue weighted by Crippen LogP contribution is -2.37. The molecular formula is C10H16N4O3S. The van der Waals surface area contributed by atoms with Crippen LogP contribution in [0.15, 0.2) is 10.6 Å². The fourth-order valence-electron chi connectivity index (χ4n) is 1.12. The average molecular weight is 272 g/mol. The first-order valence-corrected chi connectivity index (χ1v) is 6.40. The number of carbonyl (C=O) groups is 2. The van der Waals surface area contributed by atoms with Gasteiger partial charge < -0.3 is 9.84 Å². The Balaban J connectivity index is 2.19. The van der Waals surface area contributed by atoms with Crippen LogP contribution >= 0.6 is 11.8 Å². The van der Waals surface area contributed by atoms with Gasteiger partial charge in [-0.2, -0.15) is 0 Å². The van der Waals surface area contributed by atoms with Crippen LogP contribution in [-0.2, 0) is 9.59 Å². The second kappa shape index (κ2) is 7.02. The minimum absolute atomic E-state index is 0.143. The molecule has 0 aliphatic heterocycles. The standard InChI is InChI=1S/C10H16N4O3S/c1-7-4-8(13-17-7)11-9(15)5-18-6-10(16)12-14(2)3/h4H,5-6H2,1-3H3,(H,12,16)(H,11,13,15). The van der Waals surface area contributed by atoms with E-state index in [1.54, 1.807) is 32.1 Å². The number of nitrogens with zero attached hydrogens (tertiary/aromatic N) is 2. The molecule has 2 amide bonds. The van der Waals surface area contributed by atoms with E-state index in [9.17, 15) is 9.59 Å². The number of hydrazine groups is 1. The van der Waals surface area contributed by atoms with Gasteiger partial charge in [-0.15, -0.1) is 11.8 Å². The molecule has 0 atom stereocenters. The fourth-order valence-corrected chi connectivity index (χ4v) is 1.73. The average Bonchev–Trinajstić information content (AvgIpc) is 2.62. The van der Waals surface area contributed by atoms with Gasteiger partial charge in [0.25, 0.3) is 0 Å². The Morgan fingerprint density at radius 1 is 1.39 bits per heavy atom. The van der Waals surface area contributed by atoms with Crippen molar-refractivity contribution in [1.82, 2.24) is 15.6 Å². The number of hydrogen-bond donors (Lipinski definition) is 2. The van der Waals surface area contributed by atoms with E-state index in [0.717, 1.165) is 0 Å². The first-order chi connectivity index (χ1) is 8.47. The molecule has 1 rings (SSSR count). The third-order valence-corrected chi connectivity index (χ3v) is 2.64. The molecule has 2 N–H and O–H groups in total. The molecule has 100 valence electrons. The molecule has 0 aliphatic carbocycles. The van der Waals surface area contributed by atoms with Crippen LogP contribution in [0.2, 0.25) is 0 Å². The Morgan fingerprint density at radius 2 is 2.06 bits per heavy atom. The van der Waals surface area contributed by atoms with E-state index in [2.05, 4.69) is 15.9 Å². The predicted molar refractivity (Wildman–Crippen MR) is 69.0 cm³/mol. The SMILES string of the molecule is Cc1cc(NC(=O)CSCC(=O)NN(C)C)no1. The van der Waals surface area contributed by atoms with E-state index >= 15 is 0 Å². The lowest BCUT2D eigenvalue weighted by molar-refractivity contribution is -0.122. The van der Waals surface area contributed by atoms with Crippen LogP contribution in [0.3, 0.4) is 0 Å². The summed E-state index contributed by atoms with van der Waals surface area (Å²) in [7, 11) is 3.45. The summed E-state index contributed by atoms with van der Waals surface area (Å²) >= 11 is 1.23. The van der Waals surface area contributed by atoms with Crippen LogP contribution < -0.4 is 10.7 Å². The molecule has 0 unspecified atom stereocenters. The molecule has 1 aromatic rings. The van der Waals surface area contributed by atoms with Crippen molar-refractivity contribution in [3.63, 3.8) is 0 Å². The summed E-state index contributed by atoms with van der Waals surface area (Å²) < 4.78 is 4.81. The van der Waals surface area contributed by atoms with Gasteiger partial charge in [0.05, 0.1) is 11.5 Å². The molecule has 0 aliphatic rings. The van der Waals surface area contributed by atoms with Crippen LogP contribution in [0.4, 0.5) is 5.82 Å². The quantitative estimate of drug-likeness (QED) is 0.722. The van der Waals surface area contributed by atoms with E-state index < -0.39 is 0 Å². The number of nitrogens with one attached hydrogen (secondary N) is 2. The highest BCUT2D eigenvalue weighted by molar-refractivity contribution is 8.00. The summed E-state index contributed by atoms with van der Waals surface area (Å²) in [5, 5.41) is 7.76.